The molecule has 1 nitrogen and oxygen atoms in total. The Bertz CT molecular complexity index is 356. The third-order valence-corrected chi connectivity index (χ3v) is 2.37. The molecule has 0 aromatic carbocycles. The largest absolute Gasteiger partial charge is 0.373 e. The quantitative estimate of drug-likeness (QED) is 0.490. The van der Waals surface area contributed by atoms with Crippen LogP contribution in [0.15, 0.2) is 0 Å². The molecule has 0 heterocycles. The number of halogens is 14. The van der Waals surface area contributed by atoms with Crippen LogP contribution >= 0.6 is 0 Å². The Morgan fingerprint density at radius 3 is 0.826 bits per heavy atom. The maximum Gasteiger partial charge on any atom is 0.373 e. The first-order valence-electron chi connectivity index (χ1n) is 5.05. The third kappa shape index (κ3) is 3.74. The second-order valence-corrected chi connectivity index (χ2v) is 3.99. The lowest BCUT2D eigenvalue weighted by molar-refractivity contribution is -0.310. The number of hydrogen-bond donors (Lipinski definition) is 1. The predicted molar refractivity (Wildman–Crippen MR) is 44.7 cm³/mol. The van der Waals surface area contributed by atoms with Gasteiger partial charge >= 0.3 is 36.5 Å². The molecule has 2 unspecified atom stereocenters. The van der Waals surface area contributed by atoms with Gasteiger partial charge in [0, 0.05) is 0 Å². The van der Waals surface area contributed by atoms with Crippen molar-refractivity contribution in [1.82, 2.24) is 5.32 Å². The normalized spacial score (nSPS) is 17.7. The van der Waals surface area contributed by atoms with Crippen molar-refractivity contribution in [2.75, 3.05) is 0 Å². The Morgan fingerprint density at radius 1 is 0.435 bits per heavy atom. The second kappa shape index (κ2) is 6.47. The summed E-state index contributed by atoms with van der Waals surface area (Å²) in [5.41, 5.74) is 0. The van der Waals surface area contributed by atoms with Gasteiger partial charge in [0.15, 0.2) is 0 Å². The minimum atomic E-state index is -6.53. The molecule has 2 atom stereocenters. The molecule has 0 saturated carbocycles. The van der Waals surface area contributed by atoms with Crippen LogP contribution < -0.4 is 5.32 Å². The smallest absolute Gasteiger partial charge is 0.247 e. The van der Waals surface area contributed by atoms with Crippen LogP contribution in [0.3, 0.4) is 0 Å². The van der Waals surface area contributed by atoms with Crippen molar-refractivity contribution >= 4 is 0 Å². The van der Waals surface area contributed by atoms with E-state index in [1.54, 1.807) is 0 Å². The van der Waals surface area contributed by atoms with Gasteiger partial charge in [0.1, 0.15) is 0 Å². The molecular formula is C8H5F14N. The topological polar surface area (TPSA) is 12.0 Å². The standard InChI is InChI=1S/C8H5F14N/c9-1(10)5(15,16)7(19,20)3(13)23-4(14)8(21,22)6(17,18)2(11)12/h1-4,23H. The van der Waals surface area contributed by atoms with E-state index < -0.39 is 54.4 Å². The average Bonchev–Trinajstić information content (AvgIpc) is 2.37. The monoisotopic (exact) mass is 381 g/mol. The first kappa shape index (κ1) is 22.0. The maximum atomic E-state index is 12.7. The van der Waals surface area contributed by atoms with Crippen LogP contribution in [0.4, 0.5) is 61.5 Å². The molecule has 0 saturated heterocycles. The van der Waals surface area contributed by atoms with Gasteiger partial charge in [0.05, 0.1) is 0 Å². The van der Waals surface area contributed by atoms with E-state index in [1.165, 1.54) is 0 Å². The zero-order valence-corrected chi connectivity index (χ0v) is 10.1. The SMILES string of the molecule is FC(F)C(F)(F)C(F)(F)C(F)NC(F)C(F)(F)C(F)(F)C(F)F. The van der Waals surface area contributed by atoms with Gasteiger partial charge in [-0.2, -0.15) is 35.1 Å². The summed E-state index contributed by atoms with van der Waals surface area (Å²) in [6.45, 7) is 0. The van der Waals surface area contributed by atoms with Crippen molar-refractivity contribution in [3.8, 4) is 0 Å². The molecule has 0 fully saturated rings. The van der Waals surface area contributed by atoms with Crippen LogP contribution in [0.2, 0.25) is 0 Å². The fourth-order valence-electron chi connectivity index (χ4n) is 0.967. The van der Waals surface area contributed by atoms with Crippen LogP contribution in [0.1, 0.15) is 0 Å². The average molecular weight is 381 g/mol. The number of rotatable bonds is 8. The number of alkyl halides is 14. The van der Waals surface area contributed by atoms with Crippen molar-refractivity contribution in [3.63, 3.8) is 0 Å². The highest BCUT2D eigenvalue weighted by atomic mass is 19.4. The zero-order valence-electron chi connectivity index (χ0n) is 10.1. The summed E-state index contributed by atoms with van der Waals surface area (Å²) in [4.78, 5) is 0. The van der Waals surface area contributed by atoms with Crippen molar-refractivity contribution in [2.24, 2.45) is 0 Å². The predicted octanol–water partition coefficient (Wildman–Crippen LogP) is 4.24. The molecule has 0 amide bonds. The van der Waals surface area contributed by atoms with Crippen LogP contribution in [-0.2, 0) is 0 Å². The molecule has 15 heteroatoms. The molecule has 0 aliphatic rings. The summed E-state index contributed by atoms with van der Waals surface area (Å²) in [5, 5.41) is -0.478. The van der Waals surface area contributed by atoms with E-state index in [1.807, 2.05) is 0 Å². The minimum absolute atomic E-state index is 0.478. The number of hydrogen-bond acceptors (Lipinski definition) is 1. The lowest BCUT2D eigenvalue weighted by Crippen LogP contribution is -2.63. The van der Waals surface area contributed by atoms with Crippen LogP contribution in [0, 0.1) is 0 Å². The van der Waals surface area contributed by atoms with Gasteiger partial charge in [-0.25, -0.2) is 31.7 Å². The fourth-order valence-corrected chi connectivity index (χ4v) is 0.967. The Balaban J connectivity index is 5.35. The lowest BCUT2D eigenvalue weighted by Gasteiger charge is -2.33. The molecule has 0 rings (SSSR count). The zero-order chi connectivity index (χ0) is 19.0. The molecule has 1 N–H and O–H groups in total. The summed E-state index contributed by atoms with van der Waals surface area (Å²) < 4.78 is 172. The van der Waals surface area contributed by atoms with Gasteiger partial charge < -0.3 is 0 Å². The summed E-state index contributed by atoms with van der Waals surface area (Å²) in [6, 6.07) is 0. The van der Waals surface area contributed by atoms with Crippen molar-refractivity contribution < 1.29 is 61.5 Å². The van der Waals surface area contributed by atoms with Gasteiger partial charge in [-0.3, -0.25) is 0 Å². The maximum absolute atomic E-state index is 12.7. The highest BCUT2D eigenvalue weighted by Gasteiger charge is 2.71. The minimum Gasteiger partial charge on any atom is -0.247 e. The van der Waals surface area contributed by atoms with E-state index in [4.69, 9.17) is 0 Å². The van der Waals surface area contributed by atoms with Gasteiger partial charge in [0.25, 0.3) is 0 Å². The summed E-state index contributed by atoms with van der Waals surface area (Å²) in [5.74, 6) is -26.1. The Labute approximate surface area is 117 Å². The van der Waals surface area contributed by atoms with Crippen LogP contribution in [0.25, 0.3) is 0 Å². The molecule has 0 aromatic rings. The summed E-state index contributed by atoms with van der Waals surface area (Å²) in [6.07, 6.45) is -20.5. The highest BCUT2D eigenvalue weighted by Crippen LogP contribution is 2.45. The van der Waals surface area contributed by atoms with Crippen molar-refractivity contribution in [2.45, 2.75) is 49.1 Å². The molecule has 0 bridgehead atoms. The van der Waals surface area contributed by atoms with E-state index in [0.717, 1.165) is 0 Å². The van der Waals surface area contributed by atoms with Crippen LogP contribution in [-0.4, -0.2) is 49.1 Å². The highest BCUT2D eigenvalue weighted by molar-refractivity contribution is 4.97. The fraction of sp³-hybridized carbons (Fsp3) is 1.00. The number of nitrogens with one attached hydrogen (secondary N) is 1. The van der Waals surface area contributed by atoms with Gasteiger partial charge in [-0.15, -0.1) is 0 Å². The first-order valence-corrected chi connectivity index (χ1v) is 5.05. The summed E-state index contributed by atoms with van der Waals surface area (Å²) >= 11 is 0. The molecule has 140 valence electrons. The van der Waals surface area contributed by atoms with E-state index in [9.17, 15) is 61.5 Å². The molecule has 23 heavy (non-hydrogen) atoms. The first-order chi connectivity index (χ1) is 9.94. The lowest BCUT2D eigenvalue weighted by atomic mass is 10.1. The second-order valence-electron chi connectivity index (χ2n) is 3.99. The molecular weight excluding hydrogens is 376 g/mol. The van der Waals surface area contributed by atoms with Crippen molar-refractivity contribution in [3.05, 3.63) is 0 Å². The van der Waals surface area contributed by atoms with Gasteiger partial charge in [-0.05, 0) is 0 Å². The Kier molecular flexibility index (Phi) is 6.18. The van der Waals surface area contributed by atoms with Crippen LogP contribution in [0.5, 0.6) is 0 Å². The molecule has 0 aliphatic heterocycles. The molecule has 0 aromatic heterocycles. The Hall–Kier alpha value is -1.02. The van der Waals surface area contributed by atoms with E-state index in [2.05, 4.69) is 0 Å². The van der Waals surface area contributed by atoms with Crippen molar-refractivity contribution in [1.29, 1.82) is 0 Å². The third-order valence-electron chi connectivity index (χ3n) is 2.37. The molecule has 0 spiro atoms. The Morgan fingerprint density at radius 2 is 0.652 bits per heavy atom. The van der Waals surface area contributed by atoms with Gasteiger partial charge in [0.2, 0.25) is 12.6 Å². The van der Waals surface area contributed by atoms with E-state index in [-0.39, 0.29) is 0 Å². The van der Waals surface area contributed by atoms with E-state index in [0.29, 0.717) is 0 Å². The molecule has 0 radical (unpaired) electrons. The summed E-state index contributed by atoms with van der Waals surface area (Å²) in [7, 11) is 0. The van der Waals surface area contributed by atoms with E-state index >= 15 is 0 Å². The van der Waals surface area contributed by atoms with Gasteiger partial charge in [-0.1, -0.05) is 0 Å². The molecule has 0 aliphatic carbocycles.